The van der Waals surface area contributed by atoms with Crippen molar-refractivity contribution in [2.24, 2.45) is 0 Å². The fourth-order valence-corrected chi connectivity index (χ4v) is 3.13. The number of nitrogens with two attached hydrogens (primary N) is 1. The first-order chi connectivity index (χ1) is 10.6. The van der Waals surface area contributed by atoms with Crippen LogP contribution in [0.3, 0.4) is 0 Å². The van der Waals surface area contributed by atoms with Gasteiger partial charge in [0.1, 0.15) is 5.76 Å². The number of anilines is 1. The van der Waals surface area contributed by atoms with Gasteiger partial charge in [-0.25, -0.2) is 0 Å². The normalized spacial score (nSPS) is 16.1. The summed E-state index contributed by atoms with van der Waals surface area (Å²) in [7, 11) is 0. The number of carbonyl (C=O) groups excluding carboxylic acids is 1. The van der Waals surface area contributed by atoms with Gasteiger partial charge in [-0.3, -0.25) is 9.59 Å². The average Bonchev–Trinajstić information content (AvgIpc) is 2.54. The Morgan fingerprint density at radius 1 is 1.32 bits per heavy atom. The first kappa shape index (κ1) is 14.6. The molecule has 5 heteroatoms. The van der Waals surface area contributed by atoms with Crippen LogP contribution in [0.25, 0.3) is 11.3 Å². The van der Waals surface area contributed by atoms with Gasteiger partial charge in [-0.2, -0.15) is 0 Å². The number of amides is 1. The molecule has 3 rings (SSSR count). The molecule has 1 aliphatic carbocycles. The van der Waals surface area contributed by atoms with E-state index in [1.165, 1.54) is 0 Å². The summed E-state index contributed by atoms with van der Waals surface area (Å²) in [5, 5.41) is 0. The van der Waals surface area contributed by atoms with E-state index < -0.39 is 0 Å². The minimum Gasteiger partial charge on any atom is -0.441 e. The van der Waals surface area contributed by atoms with Crippen molar-refractivity contribution in [2.45, 2.75) is 32.1 Å². The zero-order valence-corrected chi connectivity index (χ0v) is 12.7. The van der Waals surface area contributed by atoms with Crippen molar-refractivity contribution >= 4 is 12.3 Å². The largest absolute Gasteiger partial charge is 0.441 e. The third-order valence-corrected chi connectivity index (χ3v) is 4.51. The van der Waals surface area contributed by atoms with Crippen molar-refractivity contribution in [3.63, 3.8) is 0 Å². The van der Waals surface area contributed by atoms with E-state index in [9.17, 15) is 9.59 Å². The molecule has 0 aromatic carbocycles. The molecule has 5 nitrogen and oxygen atoms in total. The Kier molecular flexibility index (Phi) is 3.88. The molecule has 1 saturated heterocycles. The van der Waals surface area contributed by atoms with Crippen molar-refractivity contribution in [3.05, 3.63) is 39.5 Å². The van der Waals surface area contributed by atoms with Gasteiger partial charge in [0, 0.05) is 18.7 Å². The Balaban J connectivity index is 1.98. The average molecular weight is 300 g/mol. The van der Waals surface area contributed by atoms with Gasteiger partial charge in [-0.1, -0.05) is 6.92 Å². The molecule has 0 aromatic rings. The number of benzene rings is 1. The minimum absolute atomic E-state index is 0.0243. The molecule has 0 aromatic heterocycles. The molecule has 0 saturated carbocycles. The molecule has 0 atom stereocenters. The molecule has 0 spiro atoms. The molecule has 22 heavy (non-hydrogen) atoms. The van der Waals surface area contributed by atoms with Crippen molar-refractivity contribution in [3.8, 4) is 11.3 Å². The molecular formula is C17H20N2O3. The van der Waals surface area contributed by atoms with Gasteiger partial charge in [-0.05, 0) is 48.9 Å². The maximum absolute atomic E-state index is 12.4. The van der Waals surface area contributed by atoms with Gasteiger partial charge in [0.05, 0.1) is 5.56 Å². The van der Waals surface area contributed by atoms with Crippen LogP contribution in [-0.2, 0) is 11.2 Å². The van der Waals surface area contributed by atoms with Gasteiger partial charge in [0.15, 0.2) is 11.3 Å². The first-order valence-corrected chi connectivity index (χ1v) is 7.68. The monoisotopic (exact) mass is 300 g/mol. The third-order valence-electron chi connectivity index (χ3n) is 4.51. The predicted molar refractivity (Wildman–Crippen MR) is 85.0 cm³/mol. The lowest BCUT2D eigenvalue weighted by molar-refractivity contribution is -0.119. The number of hydrogen-bond acceptors (Lipinski definition) is 4. The standard InChI is InChI=1S/C17H20N2O3/c1-2-11-7-14-15(21)8-13(9-16(14)22-17(11)18)12-3-5-19(10-20)6-4-12/h7-10,12H,2-6,18H2,1H3. The van der Waals surface area contributed by atoms with Crippen LogP contribution in [0.4, 0.5) is 5.88 Å². The quantitative estimate of drug-likeness (QED) is 0.882. The van der Waals surface area contributed by atoms with Crippen molar-refractivity contribution in [1.29, 1.82) is 0 Å². The smallest absolute Gasteiger partial charge is 0.209 e. The zero-order valence-electron chi connectivity index (χ0n) is 12.7. The number of rotatable bonds is 3. The van der Waals surface area contributed by atoms with Crippen LogP contribution in [-0.4, -0.2) is 24.4 Å². The van der Waals surface area contributed by atoms with Crippen molar-refractivity contribution in [1.82, 2.24) is 4.90 Å². The maximum Gasteiger partial charge on any atom is 0.209 e. The number of piperidine rings is 1. The second-order valence-electron chi connectivity index (χ2n) is 5.84. The van der Waals surface area contributed by atoms with E-state index in [0.717, 1.165) is 49.9 Å². The first-order valence-electron chi connectivity index (χ1n) is 7.68. The lowest BCUT2D eigenvalue weighted by Crippen LogP contribution is -2.31. The van der Waals surface area contributed by atoms with E-state index in [1.807, 2.05) is 19.1 Å². The summed E-state index contributed by atoms with van der Waals surface area (Å²) in [6, 6.07) is 5.46. The number of likely N-dealkylation sites (tertiary alicyclic amines) is 1. The van der Waals surface area contributed by atoms with E-state index in [-0.39, 0.29) is 11.3 Å². The van der Waals surface area contributed by atoms with Crippen LogP contribution >= 0.6 is 0 Å². The molecule has 2 N–H and O–H groups in total. The summed E-state index contributed by atoms with van der Waals surface area (Å²) in [4.78, 5) is 24.9. The third kappa shape index (κ3) is 2.58. The molecular weight excluding hydrogens is 280 g/mol. The summed E-state index contributed by atoms with van der Waals surface area (Å²) < 4.78 is 5.65. The van der Waals surface area contributed by atoms with Gasteiger partial charge < -0.3 is 15.1 Å². The molecule has 1 fully saturated rings. The molecule has 0 unspecified atom stereocenters. The number of fused-ring (bicyclic) bond motifs is 1. The highest BCUT2D eigenvalue weighted by Crippen LogP contribution is 2.32. The van der Waals surface area contributed by atoms with E-state index in [1.54, 1.807) is 11.0 Å². The molecule has 116 valence electrons. The van der Waals surface area contributed by atoms with E-state index in [2.05, 4.69) is 0 Å². The summed E-state index contributed by atoms with van der Waals surface area (Å²) in [5.74, 6) is 1.22. The molecule has 0 radical (unpaired) electrons. The van der Waals surface area contributed by atoms with Crippen molar-refractivity contribution in [2.75, 3.05) is 18.8 Å². The zero-order chi connectivity index (χ0) is 15.7. The molecule has 2 heterocycles. The van der Waals surface area contributed by atoms with Gasteiger partial charge in [0.25, 0.3) is 0 Å². The van der Waals surface area contributed by atoms with Gasteiger partial charge in [-0.15, -0.1) is 0 Å². The lowest BCUT2D eigenvalue weighted by Gasteiger charge is -2.29. The summed E-state index contributed by atoms with van der Waals surface area (Å²) >= 11 is 0. The molecule has 2 aliphatic heterocycles. The fraction of sp³-hybridized carbons (Fsp3) is 0.412. The minimum atomic E-state index is -0.0243. The highest BCUT2D eigenvalue weighted by Gasteiger charge is 2.22. The highest BCUT2D eigenvalue weighted by molar-refractivity contribution is 5.64. The second kappa shape index (κ2) is 5.83. The Labute approximate surface area is 129 Å². The summed E-state index contributed by atoms with van der Waals surface area (Å²) in [6.07, 6.45) is 3.35. The van der Waals surface area contributed by atoms with Crippen LogP contribution in [0, 0.1) is 0 Å². The Bertz CT molecular complexity index is 715. The van der Waals surface area contributed by atoms with Crippen LogP contribution < -0.4 is 11.2 Å². The summed E-state index contributed by atoms with van der Waals surface area (Å²) in [5.41, 5.74) is 8.30. The number of hydrogen-bond donors (Lipinski definition) is 1. The number of nitrogen functional groups attached to an aromatic ring is 1. The van der Waals surface area contributed by atoms with Gasteiger partial charge in [0.2, 0.25) is 6.41 Å². The van der Waals surface area contributed by atoms with E-state index in [0.29, 0.717) is 17.2 Å². The van der Waals surface area contributed by atoms with Crippen LogP contribution in [0.15, 0.2) is 27.4 Å². The second-order valence-corrected chi connectivity index (χ2v) is 5.84. The topological polar surface area (TPSA) is 76.5 Å². The molecule has 3 aliphatic rings. The fourth-order valence-electron chi connectivity index (χ4n) is 3.13. The lowest BCUT2D eigenvalue weighted by atomic mass is 9.88. The van der Waals surface area contributed by atoms with Crippen LogP contribution in [0.1, 0.15) is 36.8 Å². The molecule has 0 bridgehead atoms. The van der Waals surface area contributed by atoms with Gasteiger partial charge >= 0.3 is 0 Å². The molecule has 1 amide bonds. The SMILES string of the molecule is CCc1cc2c(=O)cc(C3CCN(C=O)CC3)cc-2oc1N. The van der Waals surface area contributed by atoms with Crippen LogP contribution in [0.2, 0.25) is 0 Å². The number of nitrogens with zero attached hydrogens (tertiary/aromatic N) is 1. The predicted octanol–water partition coefficient (Wildman–Crippen LogP) is 2.23. The number of aryl methyl sites for hydroxylation is 1. The van der Waals surface area contributed by atoms with E-state index >= 15 is 0 Å². The Hall–Kier alpha value is -2.30. The van der Waals surface area contributed by atoms with Crippen molar-refractivity contribution < 1.29 is 9.21 Å². The summed E-state index contributed by atoms with van der Waals surface area (Å²) in [6.45, 7) is 3.44. The van der Waals surface area contributed by atoms with Crippen LogP contribution in [0.5, 0.6) is 0 Å². The highest BCUT2D eigenvalue weighted by atomic mass is 16.3. The Morgan fingerprint density at radius 3 is 2.68 bits per heavy atom. The number of carbonyl (C=O) groups is 1. The Morgan fingerprint density at radius 2 is 2.05 bits per heavy atom. The van der Waals surface area contributed by atoms with E-state index in [4.69, 9.17) is 10.2 Å². The maximum atomic E-state index is 12.4.